The number of rotatable bonds is 2. The Morgan fingerprint density at radius 3 is 2.50 bits per heavy atom. The Morgan fingerprint density at radius 1 is 1.19 bits per heavy atom. The molecule has 0 spiro atoms. The summed E-state index contributed by atoms with van der Waals surface area (Å²) in [5, 5.41) is 0. The molecule has 1 aromatic carbocycles. The average Bonchev–Trinajstić information content (AvgIpc) is 2.33. The first kappa shape index (κ1) is 10.4. The van der Waals surface area contributed by atoms with Crippen molar-refractivity contribution in [3.05, 3.63) is 41.7 Å². The summed E-state index contributed by atoms with van der Waals surface area (Å²) in [5.74, 6) is -0.869. The number of ketones is 1. The van der Waals surface area contributed by atoms with Crippen molar-refractivity contribution in [1.82, 2.24) is 0 Å². The summed E-state index contributed by atoms with van der Waals surface area (Å²) in [5.41, 5.74) is 0.959. The van der Waals surface area contributed by atoms with E-state index in [9.17, 15) is 9.59 Å². The molecule has 16 heavy (non-hydrogen) atoms. The predicted octanol–water partition coefficient (Wildman–Crippen LogP) is 1.17. The molecule has 0 bridgehead atoms. The Hall–Kier alpha value is -2.10. The molecule has 0 fully saturated rings. The van der Waals surface area contributed by atoms with E-state index in [1.165, 1.54) is 7.11 Å². The summed E-state index contributed by atoms with van der Waals surface area (Å²) in [6.07, 6.45) is 0. The zero-order valence-electron chi connectivity index (χ0n) is 8.73. The largest absolute Gasteiger partial charge is 0.489 e. The van der Waals surface area contributed by atoms with E-state index >= 15 is 0 Å². The van der Waals surface area contributed by atoms with Gasteiger partial charge in [0, 0.05) is 0 Å². The van der Waals surface area contributed by atoms with Crippen LogP contribution in [0.3, 0.4) is 0 Å². The van der Waals surface area contributed by atoms with Crippen LogP contribution in [-0.4, -0.2) is 25.5 Å². The van der Waals surface area contributed by atoms with Crippen LogP contribution < -0.4 is 0 Å². The van der Waals surface area contributed by atoms with E-state index in [1.54, 1.807) is 24.3 Å². The highest BCUT2D eigenvalue weighted by Gasteiger charge is 2.30. The molecule has 1 heterocycles. The van der Waals surface area contributed by atoms with Gasteiger partial charge >= 0.3 is 5.97 Å². The third-order valence-electron chi connectivity index (χ3n) is 2.29. The summed E-state index contributed by atoms with van der Waals surface area (Å²) < 4.78 is 9.60. The van der Waals surface area contributed by atoms with Gasteiger partial charge < -0.3 is 9.47 Å². The first-order valence-corrected chi connectivity index (χ1v) is 4.78. The second-order valence-electron chi connectivity index (χ2n) is 3.27. The first-order valence-electron chi connectivity index (χ1n) is 4.78. The van der Waals surface area contributed by atoms with Crippen molar-refractivity contribution in [2.75, 3.05) is 13.7 Å². The van der Waals surface area contributed by atoms with E-state index in [0.29, 0.717) is 11.1 Å². The number of hydrogen-bond acceptors (Lipinski definition) is 4. The first-order chi connectivity index (χ1) is 7.74. The number of methoxy groups -OCH3 is 1. The molecule has 0 aliphatic carbocycles. The Labute approximate surface area is 92.5 Å². The Kier molecular flexibility index (Phi) is 2.72. The van der Waals surface area contributed by atoms with Gasteiger partial charge in [-0.3, -0.25) is 4.79 Å². The lowest BCUT2D eigenvalue weighted by molar-refractivity contribution is -0.147. The molecule has 82 valence electrons. The lowest BCUT2D eigenvalue weighted by Gasteiger charge is -2.17. The maximum absolute atomic E-state index is 11.7. The van der Waals surface area contributed by atoms with E-state index in [1.807, 2.05) is 6.07 Å². The number of cyclic esters (lactones) is 1. The SMILES string of the molecule is COC1=C(c2ccccc2)C(=O)COC1=O. The van der Waals surface area contributed by atoms with Crippen molar-refractivity contribution >= 4 is 17.3 Å². The van der Waals surface area contributed by atoms with E-state index in [4.69, 9.17) is 4.74 Å². The van der Waals surface area contributed by atoms with Crippen LogP contribution in [0.5, 0.6) is 0 Å². The molecule has 2 rings (SSSR count). The third-order valence-corrected chi connectivity index (χ3v) is 2.29. The van der Waals surface area contributed by atoms with Crippen molar-refractivity contribution in [1.29, 1.82) is 0 Å². The highest BCUT2D eigenvalue weighted by atomic mass is 16.6. The summed E-state index contributed by atoms with van der Waals surface area (Å²) >= 11 is 0. The number of Topliss-reactive ketones (excluding diaryl/α,β-unsaturated/α-hetero) is 1. The maximum Gasteiger partial charge on any atom is 0.374 e. The quantitative estimate of drug-likeness (QED) is 0.699. The highest BCUT2D eigenvalue weighted by Crippen LogP contribution is 2.24. The molecule has 0 saturated heterocycles. The molecule has 0 unspecified atom stereocenters. The molecule has 0 atom stereocenters. The third kappa shape index (κ3) is 1.69. The van der Waals surface area contributed by atoms with Gasteiger partial charge in [-0.1, -0.05) is 30.3 Å². The van der Waals surface area contributed by atoms with Crippen LogP contribution in [0.15, 0.2) is 36.1 Å². The summed E-state index contributed by atoms with van der Waals surface area (Å²) in [4.78, 5) is 23.1. The van der Waals surface area contributed by atoms with E-state index in [0.717, 1.165) is 0 Å². The van der Waals surface area contributed by atoms with Crippen LogP contribution in [-0.2, 0) is 19.1 Å². The number of carbonyl (C=O) groups excluding carboxylic acids is 2. The fraction of sp³-hybridized carbons (Fsp3) is 0.167. The number of hydrogen-bond donors (Lipinski definition) is 0. The van der Waals surface area contributed by atoms with Crippen LogP contribution in [0, 0.1) is 0 Å². The molecule has 0 saturated carbocycles. The molecular weight excluding hydrogens is 208 g/mol. The molecule has 4 heteroatoms. The molecule has 4 nitrogen and oxygen atoms in total. The zero-order valence-corrected chi connectivity index (χ0v) is 8.73. The van der Waals surface area contributed by atoms with Gasteiger partial charge in [0.1, 0.15) is 0 Å². The predicted molar refractivity (Wildman–Crippen MR) is 56.3 cm³/mol. The lowest BCUT2D eigenvalue weighted by Crippen LogP contribution is -2.26. The van der Waals surface area contributed by atoms with E-state index in [-0.39, 0.29) is 18.1 Å². The molecule has 1 aliphatic heterocycles. The van der Waals surface area contributed by atoms with Gasteiger partial charge in [-0.25, -0.2) is 4.79 Å². The van der Waals surface area contributed by atoms with Gasteiger partial charge in [-0.05, 0) is 5.56 Å². The smallest absolute Gasteiger partial charge is 0.374 e. The van der Waals surface area contributed by atoms with Crippen molar-refractivity contribution in [3.63, 3.8) is 0 Å². The van der Waals surface area contributed by atoms with Crippen molar-refractivity contribution in [2.24, 2.45) is 0 Å². The van der Waals surface area contributed by atoms with Crippen molar-refractivity contribution in [2.45, 2.75) is 0 Å². The summed E-state index contributed by atoms with van der Waals surface area (Å²) in [6, 6.07) is 8.93. The van der Waals surface area contributed by atoms with Crippen molar-refractivity contribution < 1.29 is 19.1 Å². The fourth-order valence-electron chi connectivity index (χ4n) is 1.58. The Bertz CT molecular complexity index is 459. The van der Waals surface area contributed by atoms with Crippen LogP contribution in [0.1, 0.15) is 5.56 Å². The number of esters is 1. The Balaban J connectivity index is 2.57. The molecule has 1 aliphatic rings. The van der Waals surface area contributed by atoms with Gasteiger partial charge in [-0.15, -0.1) is 0 Å². The lowest BCUT2D eigenvalue weighted by atomic mass is 9.99. The van der Waals surface area contributed by atoms with Crippen LogP contribution >= 0.6 is 0 Å². The minimum absolute atomic E-state index is 0.0255. The monoisotopic (exact) mass is 218 g/mol. The van der Waals surface area contributed by atoms with E-state index < -0.39 is 5.97 Å². The second-order valence-corrected chi connectivity index (χ2v) is 3.27. The molecule has 0 amide bonds. The second kappa shape index (κ2) is 4.18. The van der Waals surface area contributed by atoms with Crippen LogP contribution in [0.25, 0.3) is 5.57 Å². The number of carbonyl (C=O) groups is 2. The molecule has 1 aromatic rings. The normalized spacial score (nSPS) is 16.1. The molecule has 0 aromatic heterocycles. The standard InChI is InChI=1S/C12H10O4/c1-15-11-10(8-5-3-2-4-6-8)9(13)7-16-12(11)14/h2-6H,7H2,1H3. The van der Waals surface area contributed by atoms with Crippen molar-refractivity contribution in [3.8, 4) is 0 Å². The van der Waals surface area contributed by atoms with Gasteiger partial charge in [0.2, 0.25) is 11.5 Å². The zero-order chi connectivity index (χ0) is 11.5. The average molecular weight is 218 g/mol. The van der Waals surface area contributed by atoms with Gasteiger partial charge in [0.15, 0.2) is 6.61 Å². The van der Waals surface area contributed by atoms with Gasteiger partial charge in [0.05, 0.1) is 12.7 Å². The Morgan fingerprint density at radius 2 is 1.88 bits per heavy atom. The van der Waals surface area contributed by atoms with Crippen LogP contribution in [0.2, 0.25) is 0 Å². The number of benzene rings is 1. The number of ether oxygens (including phenoxy) is 2. The fourth-order valence-corrected chi connectivity index (χ4v) is 1.58. The molecule has 0 radical (unpaired) electrons. The minimum atomic E-state index is -0.596. The summed E-state index contributed by atoms with van der Waals surface area (Å²) in [7, 11) is 1.35. The van der Waals surface area contributed by atoms with Gasteiger partial charge in [-0.2, -0.15) is 0 Å². The highest BCUT2D eigenvalue weighted by molar-refractivity contribution is 6.28. The summed E-state index contributed by atoms with van der Waals surface area (Å²) in [6.45, 7) is -0.226. The topological polar surface area (TPSA) is 52.6 Å². The molecule has 0 N–H and O–H groups in total. The van der Waals surface area contributed by atoms with Gasteiger partial charge in [0.25, 0.3) is 0 Å². The maximum atomic E-state index is 11.7. The molecular formula is C12H10O4. The minimum Gasteiger partial charge on any atom is -0.489 e. The van der Waals surface area contributed by atoms with E-state index in [2.05, 4.69) is 4.74 Å². The van der Waals surface area contributed by atoms with Crippen LogP contribution in [0.4, 0.5) is 0 Å².